The van der Waals surface area contributed by atoms with Crippen LogP contribution in [0.5, 0.6) is 0 Å². The zero-order chi connectivity index (χ0) is 13.7. The fourth-order valence-corrected chi connectivity index (χ4v) is 1.62. The summed E-state index contributed by atoms with van der Waals surface area (Å²) >= 11 is 0. The molecule has 3 nitrogen and oxygen atoms in total. The second-order valence-electron chi connectivity index (χ2n) is 3.58. The minimum absolute atomic E-state index is 0.114. The first-order valence-corrected chi connectivity index (χ1v) is 5.57. The molecule has 0 spiro atoms. The number of hydrogen-bond acceptors (Lipinski definition) is 3. The van der Waals surface area contributed by atoms with Crippen LogP contribution in [0.2, 0.25) is 0 Å². The largest absolute Gasteiger partial charge is 0.462 e. The number of hydrogen-bond donors (Lipinski definition) is 0. The van der Waals surface area contributed by atoms with Crippen molar-refractivity contribution in [3.8, 4) is 6.07 Å². The highest BCUT2D eigenvalue weighted by atomic mass is 19.3. The molecule has 0 amide bonds. The van der Waals surface area contributed by atoms with Crippen LogP contribution in [0, 0.1) is 11.3 Å². The highest BCUT2D eigenvalue weighted by molar-refractivity contribution is 5.91. The molecule has 1 aromatic carbocycles. The molecule has 0 fully saturated rings. The molecule has 1 aromatic rings. The summed E-state index contributed by atoms with van der Waals surface area (Å²) < 4.78 is 30.5. The average Bonchev–Trinajstić information content (AvgIpc) is 2.37. The number of nitrogens with zero attached hydrogens (tertiary/aromatic N) is 1. The number of rotatable bonds is 4. The Hall–Kier alpha value is -1.96. The quantitative estimate of drug-likeness (QED) is 0.774. The van der Waals surface area contributed by atoms with E-state index < -0.39 is 18.0 Å². The number of alkyl halides is 2. The van der Waals surface area contributed by atoms with Crippen LogP contribution in [0.25, 0.3) is 0 Å². The Morgan fingerprint density at radius 2 is 2.11 bits per heavy atom. The molecule has 18 heavy (non-hydrogen) atoms. The van der Waals surface area contributed by atoms with Crippen molar-refractivity contribution in [3.63, 3.8) is 0 Å². The van der Waals surface area contributed by atoms with Gasteiger partial charge < -0.3 is 4.74 Å². The summed E-state index contributed by atoms with van der Waals surface area (Å²) in [6, 6.07) is 4.24. The van der Waals surface area contributed by atoms with Gasteiger partial charge in [0.15, 0.2) is 0 Å². The maximum Gasteiger partial charge on any atom is 0.338 e. The molecule has 0 aliphatic rings. The predicted octanol–water partition coefficient (Wildman–Crippen LogP) is 3.23. The van der Waals surface area contributed by atoms with Crippen molar-refractivity contribution in [2.24, 2.45) is 0 Å². The lowest BCUT2D eigenvalue weighted by Gasteiger charge is -2.11. The van der Waals surface area contributed by atoms with Gasteiger partial charge in [0.25, 0.3) is 6.43 Å². The predicted molar refractivity (Wildman–Crippen MR) is 61.4 cm³/mol. The van der Waals surface area contributed by atoms with E-state index in [2.05, 4.69) is 0 Å². The number of esters is 1. The fraction of sp³-hybridized carbons (Fsp3) is 0.385. The summed E-state index contributed by atoms with van der Waals surface area (Å²) in [5.74, 6) is -0.785. The summed E-state index contributed by atoms with van der Waals surface area (Å²) in [4.78, 5) is 11.6. The lowest BCUT2D eigenvalue weighted by molar-refractivity contribution is 0.0515. The molecule has 0 radical (unpaired) electrons. The number of carbonyl (C=O) groups is 1. The minimum Gasteiger partial charge on any atom is -0.462 e. The van der Waals surface area contributed by atoms with Gasteiger partial charge in [-0.1, -0.05) is 6.92 Å². The second kappa shape index (κ2) is 6.10. The van der Waals surface area contributed by atoms with Crippen LogP contribution < -0.4 is 0 Å². The number of benzene rings is 1. The van der Waals surface area contributed by atoms with Gasteiger partial charge in [-0.25, -0.2) is 13.6 Å². The van der Waals surface area contributed by atoms with Crippen LogP contribution in [0.4, 0.5) is 8.78 Å². The topological polar surface area (TPSA) is 50.1 Å². The van der Waals surface area contributed by atoms with E-state index in [1.165, 1.54) is 6.07 Å². The molecule has 0 aliphatic heterocycles. The van der Waals surface area contributed by atoms with E-state index in [1.54, 1.807) is 13.8 Å². The van der Waals surface area contributed by atoms with Gasteiger partial charge in [0.2, 0.25) is 0 Å². The maximum atomic E-state index is 12.9. The van der Waals surface area contributed by atoms with E-state index in [9.17, 15) is 13.6 Å². The van der Waals surface area contributed by atoms with Crippen LogP contribution >= 0.6 is 0 Å². The van der Waals surface area contributed by atoms with Crippen molar-refractivity contribution >= 4 is 5.97 Å². The summed E-state index contributed by atoms with van der Waals surface area (Å²) in [6.45, 7) is 3.50. The normalized spacial score (nSPS) is 10.2. The van der Waals surface area contributed by atoms with E-state index in [4.69, 9.17) is 10.00 Å². The third-order valence-electron chi connectivity index (χ3n) is 2.51. The lowest BCUT2D eigenvalue weighted by Crippen LogP contribution is -2.10. The van der Waals surface area contributed by atoms with Gasteiger partial charge in [-0.3, -0.25) is 0 Å². The molecule has 0 N–H and O–H groups in total. The molecule has 0 heterocycles. The van der Waals surface area contributed by atoms with E-state index in [0.29, 0.717) is 12.0 Å². The van der Waals surface area contributed by atoms with E-state index >= 15 is 0 Å². The third kappa shape index (κ3) is 2.83. The van der Waals surface area contributed by atoms with Crippen LogP contribution in [-0.2, 0) is 11.2 Å². The monoisotopic (exact) mass is 253 g/mol. The van der Waals surface area contributed by atoms with Gasteiger partial charge in [-0.05, 0) is 31.0 Å². The van der Waals surface area contributed by atoms with E-state index in [0.717, 1.165) is 6.07 Å². The molecule has 0 atom stereocenters. The smallest absolute Gasteiger partial charge is 0.338 e. The van der Waals surface area contributed by atoms with Gasteiger partial charge in [0.1, 0.15) is 0 Å². The first kappa shape index (κ1) is 14.1. The van der Waals surface area contributed by atoms with Crippen molar-refractivity contribution < 1.29 is 18.3 Å². The summed E-state index contributed by atoms with van der Waals surface area (Å²) in [7, 11) is 0. The van der Waals surface area contributed by atoms with Crippen molar-refractivity contribution in [1.29, 1.82) is 5.26 Å². The minimum atomic E-state index is -2.82. The molecule has 96 valence electrons. The summed E-state index contributed by atoms with van der Waals surface area (Å²) in [5, 5.41) is 8.88. The molecule has 0 aromatic heterocycles. The summed E-state index contributed by atoms with van der Waals surface area (Å²) in [5.41, 5.74) is 0.107. The number of aryl methyl sites for hydroxylation is 1. The molecular formula is C13H13F2NO2. The Morgan fingerprint density at radius 3 is 2.56 bits per heavy atom. The van der Waals surface area contributed by atoms with Crippen molar-refractivity contribution in [2.75, 3.05) is 6.61 Å². The zero-order valence-electron chi connectivity index (χ0n) is 10.2. The molecule has 0 saturated carbocycles. The first-order valence-electron chi connectivity index (χ1n) is 5.57. The van der Waals surface area contributed by atoms with E-state index in [-0.39, 0.29) is 17.7 Å². The molecule has 0 bridgehead atoms. The molecule has 1 rings (SSSR count). The van der Waals surface area contributed by atoms with Crippen LogP contribution in [0.1, 0.15) is 47.3 Å². The van der Waals surface area contributed by atoms with Gasteiger partial charge in [0.05, 0.1) is 23.8 Å². The average molecular weight is 253 g/mol. The Bertz CT molecular complexity index is 492. The number of ether oxygens (including phenoxy) is 1. The van der Waals surface area contributed by atoms with Crippen molar-refractivity contribution in [2.45, 2.75) is 26.7 Å². The maximum absolute atomic E-state index is 12.9. The van der Waals surface area contributed by atoms with Crippen LogP contribution in [0.3, 0.4) is 0 Å². The molecule has 0 aliphatic carbocycles. The lowest BCUT2D eigenvalue weighted by atomic mass is 9.97. The Morgan fingerprint density at radius 1 is 1.44 bits per heavy atom. The van der Waals surface area contributed by atoms with E-state index in [1.807, 2.05) is 6.07 Å². The van der Waals surface area contributed by atoms with Crippen molar-refractivity contribution in [3.05, 3.63) is 34.4 Å². The number of halogens is 2. The SMILES string of the molecule is CCOC(=O)c1cc(CC)c(C#N)cc1C(F)F. The highest BCUT2D eigenvalue weighted by Gasteiger charge is 2.21. The van der Waals surface area contributed by atoms with Crippen LogP contribution in [0.15, 0.2) is 12.1 Å². The highest BCUT2D eigenvalue weighted by Crippen LogP contribution is 2.27. The molecule has 0 saturated heterocycles. The standard InChI is InChI=1S/C13H13F2NO2/c1-3-8-5-11(13(17)18-4-2)10(12(14)15)6-9(8)7-16/h5-6,12H,3-4H2,1-2H3. The van der Waals surface area contributed by atoms with Crippen LogP contribution in [-0.4, -0.2) is 12.6 Å². The second-order valence-corrected chi connectivity index (χ2v) is 3.58. The third-order valence-corrected chi connectivity index (χ3v) is 2.51. The first-order chi connectivity index (χ1) is 8.54. The fourth-order valence-electron chi connectivity index (χ4n) is 1.62. The zero-order valence-corrected chi connectivity index (χ0v) is 10.2. The number of carbonyl (C=O) groups excluding carboxylic acids is 1. The number of nitriles is 1. The molecular weight excluding hydrogens is 240 g/mol. The van der Waals surface area contributed by atoms with Gasteiger partial charge in [-0.15, -0.1) is 0 Å². The Labute approximate surface area is 104 Å². The Kier molecular flexibility index (Phi) is 4.78. The Balaban J connectivity index is 3.39. The van der Waals surface area contributed by atoms with Gasteiger partial charge >= 0.3 is 5.97 Å². The van der Waals surface area contributed by atoms with Gasteiger partial charge in [-0.2, -0.15) is 5.26 Å². The molecule has 0 unspecified atom stereocenters. The van der Waals surface area contributed by atoms with Crippen molar-refractivity contribution in [1.82, 2.24) is 0 Å². The summed E-state index contributed by atoms with van der Waals surface area (Å²) in [6.07, 6.45) is -2.33. The van der Waals surface area contributed by atoms with Gasteiger partial charge in [0, 0.05) is 5.56 Å². The molecule has 5 heteroatoms.